The summed E-state index contributed by atoms with van der Waals surface area (Å²) in [5.41, 5.74) is 0.591. The Labute approximate surface area is 136 Å². The van der Waals surface area contributed by atoms with Crippen LogP contribution < -0.4 is 0 Å². The topological polar surface area (TPSA) is 92.3 Å². The molecule has 0 bridgehead atoms. The predicted molar refractivity (Wildman–Crippen MR) is 80.6 cm³/mol. The van der Waals surface area contributed by atoms with E-state index in [2.05, 4.69) is 15.5 Å². The first-order valence-corrected chi connectivity index (χ1v) is 8.02. The molecule has 3 heterocycles. The molecular formula is C14H16N4O4S. The Morgan fingerprint density at radius 1 is 1.57 bits per heavy atom. The Morgan fingerprint density at radius 2 is 2.43 bits per heavy atom. The Bertz CT molecular complexity index is 710. The van der Waals surface area contributed by atoms with Gasteiger partial charge in [0, 0.05) is 12.2 Å². The number of carbonyl (C=O) groups excluding carboxylic acids is 1. The van der Waals surface area contributed by atoms with E-state index in [-0.39, 0.29) is 12.1 Å². The van der Waals surface area contributed by atoms with E-state index in [1.807, 2.05) is 12.1 Å². The number of carbonyl (C=O) groups is 1. The van der Waals surface area contributed by atoms with E-state index in [1.165, 1.54) is 18.9 Å². The minimum atomic E-state index is -0.336. The van der Waals surface area contributed by atoms with Crippen LogP contribution in [0.1, 0.15) is 19.1 Å². The molecule has 1 atom stereocenters. The number of esters is 1. The van der Waals surface area contributed by atoms with Gasteiger partial charge in [0.2, 0.25) is 5.16 Å². The molecule has 1 aliphatic rings. The highest BCUT2D eigenvalue weighted by Crippen LogP contribution is 2.29. The molecule has 1 unspecified atom stereocenters. The average molecular weight is 336 g/mol. The van der Waals surface area contributed by atoms with Crippen molar-refractivity contribution >= 4 is 17.7 Å². The van der Waals surface area contributed by atoms with Crippen LogP contribution in [0.4, 0.5) is 0 Å². The first-order valence-electron chi connectivity index (χ1n) is 7.03. The maximum absolute atomic E-state index is 11.6. The van der Waals surface area contributed by atoms with Crippen LogP contribution in [0.3, 0.4) is 0 Å². The lowest BCUT2D eigenvalue weighted by Crippen LogP contribution is -2.12. The molecule has 0 aromatic carbocycles. The predicted octanol–water partition coefficient (Wildman–Crippen LogP) is 1.64. The van der Waals surface area contributed by atoms with Crippen LogP contribution in [0.25, 0.3) is 0 Å². The van der Waals surface area contributed by atoms with E-state index in [0.717, 1.165) is 5.76 Å². The van der Waals surface area contributed by atoms with Crippen LogP contribution in [0.15, 0.2) is 39.3 Å². The molecule has 0 aliphatic carbocycles. The van der Waals surface area contributed by atoms with E-state index in [9.17, 15) is 4.79 Å². The SMILES string of the molecule is COC(=O)C1=C(C)OC(CSc2nnnn2Cc2ccco2)C1. The average Bonchev–Trinajstić information content (AvgIpc) is 3.27. The number of hydrogen-bond acceptors (Lipinski definition) is 8. The number of hydrogen-bond donors (Lipinski definition) is 0. The summed E-state index contributed by atoms with van der Waals surface area (Å²) in [6.07, 6.45) is 2.05. The summed E-state index contributed by atoms with van der Waals surface area (Å²) in [7, 11) is 1.37. The van der Waals surface area contributed by atoms with Gasteiger partial charge < -0.3 is 13.9 Å². The first-order chi connectivity index (χ1) is 11.2. The summed E-state index contributed by atoms with van der Waals surface area (Å²) in [6.45, 7) is 2.25. The third-order valence-corrected chi connectivity index (χ3v) is 4.50. The molecule has 1 aliphatic heterocycles. The zero-order chi connectivity index (χ0) is 16.2. The molecule has 0 radical (unpaired) electrons. The molecule has 2 aromatic rings. The largest absolute Gasteiger partial charge is 0.493 e. The van der Waals surface area contributed by atoms with Crippen LogP contribution in [0.5, 0.6) is 0 Å². The van der Waals surface area contributed by atoms with Crippen molar-refractivity contribution in [2.75, 3.05) is 12.9 Å². The van der Waals surface area contributed by atoms with Crippen molar-refractivity contribution in [1.29, 1.82) is 0 Å². The van der Waals surface area contributed by atoms with Crippen LogP contribution in [-0.4, -0.2) is 45.1 Å². The number of rotatable bonds is 6. The van der Waals surface area contributed by atoms with Crippen molar-refractivity contribution in [2.24, 2.45) is 0 Å². The fourth-order valence-electron chi connectivity index (χ4n) is 2.29. The molecule has 0 spiro atoms. The lowest BCUT2D eigenvalue weighted by atomic mass is 10.1. The van der Waals surface area contributed by atoms with E-state index in [1.54, 1.807) is 17.9 Å². The van der Waals surface area contributed by atoms with Gasteiger partial charge >= 0.3 is 5.97 Å². The van der Waals surface area contributed by atoms with Crippen LogP contribution in [0, 0.1) is 0 Å². The van der Waals surface area contributed by atoms with Gasteiger partial charge in [0.05, 0.1) is 18.9 Å². The van der Waals surface area contributed by atoms with E-state index in [4.69, 9.17) is 13.9 Å². The summed E-state index contributed by atoms with van der Waals surface area (Å²) >= 11 is 1.48. The molecular weight excluding hydrogens is 320 g/mol. The van der Waals surface area contributed by atoms with Crippen LogP contribution in [-0.2, 0) is 20.8 Å². The van der Waals surface area contributed by atoms with Crippen molar-refractivity contribution in [1.82, 2.24) is 20.2 Å². The fourth-order valence-corrected chi connectivity index (χ4v) is 3.16. The summed E-state index contributed by atoms with van der Waals surface area (Å²) in [6, 6.07) is 3.69. The molecule has 9 heteroatoms. The molecule has 0 amide bonds. The van der Waals surface area contributed by atoms with E-state index >= 15 is 0 Å². The quantitative estimate of drug-likeness (QED) is 0.581. The van der Waals surface area contributed by atoms with Gasteiger partial charge in [-0.05, 0) is 29.5 Å². The second-order valence-corrected chi connectivity index (χ2v) is 5.97. The number of thioether (sulfide) groups is 1. The summed E-state index contributed by atoms with van der Waals surface area (Å²) in [5.74, 6) is 1.70. The van der Waals surface area contributed by atoms with Crippen molar-refractivity contribution in [3.05, 3.63) is 35.5 Å². The molecule has 0 saturated carbocycles. The molecule has 23 heavy (non-hydrogen) atoms. The number of methoxy groups -OCH3 is 1. The van der Waals surface area contributed by atoms with E-state index in [0.29, 0.717) is 35.2 Å². The third kappa shape index (κ3) is 3.55. The van der Waals surface area contributed by atoms with Gasteiger partial charge in [-0.1, -0.05) is 11.8 Å². The summed E-state index contributed by atoms with van der Waals surface area (Å²) < 4.78 is 17.4. The zero-order valence-corrected chi connectivity index (χ0v) is 13.6. The molecule has 0 fully saturated rings. The standard InChI is InChI=1S/C14H16N4O4S/c1-9-12(13(19)20-2)6-11(22-9)8-23-14-15-16-17-18(14)7-10-4-3-5-21-10/h3-5,11H,6-8H2,1-2H3. The zero-order valence-electron chi connectivity index (χ0n) is 12.8. The summed E-state index contributed by atoms with van der Waals surface area (Å²) in [5, 5.41) is 12.3. The van der Waals surface area contributed by atoms with Gasteiger partial charge in [0.15, 0.2) is 0 Å². The highest BCUT2D eigenvalue weighted by Gasteiger charge is 2.29. The van der Waals surface area contributed by atoms with Gasteiger partial charge in [-0.25, -0.2) is 9.48 Å². The maximum Gasteiger partial charge on any atom is 0.337 e. The Kier molecular flexibility index (Phi) is 4.65. The Morgan fingerprint density at radius 3 is 3.17 bits per heavy atom. The Balaban J connectivity index is 1.56. The fraction of sp³-hybridized carbons (Fsp3) is 0.429. The number of tetrazole rings is 1. The number of furan rings is 1. The van der Waals surface area contributed by atoms with Crippen LogP contribution >= 0.6 is 11.8 Å². The van der Waals surface area contributed by atoms with Crippen LogP contribution in [0.2, 0.25) is 0 Å². The molecule has 2 aromatic heterocycles. The third-order valence-electron chi connectivity index (χ3n) is 3.42. The Hall–Kier alpha value is -2.29. The second kappa shape index (κ2) is 6.86. The van der Waals surface area contributed by atoms with Gasteiger partial charge in [0.1, 0.15) is 24.2 Å². The first kappa shape index (κ1) is 15.6. The monoisotopic (exact) mass is 336 g/mol. The van der Waals surface area contributed by atoms with Gasteiger partial charge in [-0.2, -0.15) is 0 Å². The van der Waals surface area contributed by atoms with Crippen molar-refractivity contribution < 1.29 is 18.7 Å². The van der Waals surface area contributed by atoms with Crippen molar-refractivity contribution in [3.63, 3.8) is 0 Å². The minimum absolute atomic E-state index is 0.0946. The minimum Gasteiger partial charge on any atom is -0.493 e. The highest BCUT2D eigenvalue weighted by molar-refractivity contribution is 7.99. The molecule has 0 N–H and O–H groups in total. The van der Waals surface area contributed by atoms with Crippen molar-refractivity contribution in [2.45, 2.75) is 31.1 Å². The normalized spacial score (nSPS) is 17.4. The molecule has 8 nitrogen and oxygen atoms in total. The van der Waals surface area contributed by atoms with Crippen molar-refractivity contribution in [3.8, 4) is 0 Å². The second-order valence-electron chi connectivity index (χ2n) is 4.98. The summed E-state index contributed by atoms with van der Waals surface area (Å²) in [4.78, 5) is 11.6. The van der Waals surface area contributed by atoms with E-state index < -0.39 is 0 Å². The molecule has 3 rings (SSSR count). The van der Waals surface area contributed by atoms with Gasteiger partial charge in [-0.15, -0.1) is 5.10 Å². The van der Waals surface area contributed by atoms with Gasteiger partial charge in [-0.3, -0.25) is 0 Å². The maximum atomic E-state index is 11.6. The molecule has 0 saturated heterocycles. The number of allylic oxidation sites excluding steroid dienone is 1. The number of aromatic nitrogens is 4. The number of nitrogens with zero attached hydrogens (tertiary/aromatic N) is 4. The lowest BCUT2D eigenvalue weighted by molar-refractivity contribution is -0.136. The number of ether oxygens (including phenoxy) is 2. The molecule has 122 valence electrons. The van der Waals surface area contributed by atoms with Gasteiger partial charge in [0.25, 0.3) is 0 Å². The lowest BCUT2D eigenvalue weighted by Gasteiger charge is -2.10. The smallest absolute Gasteiger partial charge is 0.337 e. The highest BCUT2D eigenvalue weighted by atomic mass is 32.2.